The smallest absolute Gasteiger partial charge is 0.248 e. The van der Waals surface area contributed by atoms with Crippen molar-refractivity contribution in [1.29, 1.82) is 0 Å². The Kier molecular flexibility index (Phi) is 12.2. The molecule has 0 spiro atoms. The first-order valence-corrected chi connectivity index (χ1v) is 27.3. The number of hydrogen-bond acceptors (Lipinski definition) is 8. The van der Waals surface area contributed by atoms with Gasteiger partial charge in [-0.15, -0.1) is 0 Å². The van der Waals surface area contributed by atoms with Crippen LogP contribution in [0.25, 0.3) is 0 Å². The van der Waals surface area contributed by atoms with Gasteiger partial charge in [0.05, 0.1) is 0 Å². The second-order valence-corrected chi connectivity index (χ2v) is 34.8. The van der Waals surface area contributed by atoms with Crippen molar-refractivity contribution in [3.05, 3.63) is 0 Å². The lowest BCUT2D eigenvalue weighted by molar-refractivity contribution is 0.528. The average molecular weight is 769 g/mol. The molecule has 0 bridgehead atoms. The SMILES string of the molecule is CC(C)(C)N[P@]1(Cl)=NP(Cl)(Cl)=NP(Cl)(Cl)=N1.CC(C)(C)N[P@]1(Cl)=NP(Cl)(Cl)=NP(Cl)(Cl)=N1. The Hall–Kier alpha value is 4.20. The van der Waals surface area contributed by atoms with Gasteiger partial charge in [-0.25, -0.2) is 10.2 Å². The van der Waals surface area contributed by atoms with Crippen LogP contribution in [0.2, 0.25) is 0 Å². The zero-order chi connectivity index (χ0) is 25.7. The quantitative estimate of drug-likeness (QED) is 0.274. The monoisotopic (exact) mass is 764 g/mol. The molecule has 0 aliphatic carbocycles. The summed E-state index contributed by atoms with van der Waals surface area (Å²) in [5.74, 6) is -11.7. The molecule has 2 aliphatic rings. The number of nitrogens with zero attached hydrogens (tertiary/aromatic N) is 6. The molecule has 0 radical (unpaired) electrons. The van der Waals surface area contributed by atoms with Crippen LogP contribution < -0.4 is 10.2 Å². The van der Waals surface area contributed by atoms with E-state index in [4.69, 9.17) is 112 Å². The van der Waals surface area contributed by atoms with Crippen molar-refractivity contribution in [2.75, 3.05) is 0 Å². The lowest BCUT2D eigenvalue weighted by atomic mass is 10.1. The maximum atomic E-state index is 6.25. The number of hydrogen-bond donors (Lipinski definition) is 2. The fourth-order valence-corrected chi connectivity index (χ4v) is 37.8. The Morgan fingerprint density at radius 3 is 0.812 bits per heavy atom. The molecule has 2 aliphatic heterocycles. The zero-order valence-electron chi connectivity index (χ0n) is 17.1. The minimum Gasteiger partial charge on any atom is -0.248 e. The van der Waals surface area contributed by atoms with E-state index < -0.39 is 37.1 Å². The Labute approximate surface area is 237 Å². The van der Waals surface area contributed by atoms with Crippen molar-refractivity contribution >= 4 is 149 Å². The van der Waals surface area contributed by atoms with Crippen LogP contribution in [-0.4, -0.2) is 11.1 Å². The number of halogens is 10. The molecular formula is C8H20Cl10N8P6. The Morgan fingerprint density at radius 2 is 0.625 bits per heavy atom. The Bertz CT molecular complexity index is 977. The van der Waals surface area contributed by atoms with E-state index in [0.717, 1.165) is 0 Å². The first-order chi connectivity index (χ1) is 13.7. The highest BCUT2D eigenvalue weighted by atomic mass is 35.9. The van der Waals surface area contributed by atoms with Crippen LogP contribution in [0.1, 0.15) is 41.5 Å². The molecule has 0 saturated carbocycles. The van der Waals surface area contributed by atoms with Gasteiger partial charge in [-0.1, -0.05) is 0 Å². The topological polar surface area (TPSA) is 98.2 Å². The Morgan fingerprint density at radius 1 is 0.406 bits per heavy atom. The van der Waals surface area contributed by atoms with Crippen molar-refractivity contribution in [2.24, 2.45) is 27.1 Å². The van der Waals surface area contributed by atoms with Crippen LogP contribution in [0, 0.1) is 0 Å². The summed E-state index contributed by atoms with van der Waals surface area (Å²) in [6.07, 6.45) is 0. The summed E-state index contributed by atoms with van der Waals surface area (Å²) in [6, 6.07) is 0. The summed E-state index contributed by atoms with van der Waals surface area (Å²) in [4.78, 5) is 0. The van der Waals surface area contributed by atoms with Crippen LogP contribution in [0.5, 0.6) is 0 Å². The molecule has 8 nitrogen and oxygen atoms in total. The van der Waals surface area contributed by atoms with E-state index >= 15 is 0 Å². The van der Waals surface area contributed by atoms with Crippen LogP contribution in [0.15, 0.2) is 27.1 Å². The standard InChI is InChI=1S/2C4H10Cl5N4P3/c2*1-4(2,3)10-16(9)12-14(5,6)11-15(7,8)13-16/h2*10H,1-3H3. The van der Waals surface area contributed by atoms with Crippen molar-refractivity contribution in [2.45, 2.75) is 52.6 Å². The largest absolute Gasteiger partial charge is 0.257 e. The lowest BCUT2D eigenvalue weighted by Crippen LogP contribution is -2.31. The third kappa shape index (κ3) is 13.8. The summed E-state index contributed by atoms with van der Waals surface area (Å²) < 4.78 is 23.9. The molecule has 0 saturated heterocycles. The lowest BCUT2D eigenvalue weighted by Gasteiger charge is -2.29. The second kappa shape index (κ2) is 11.4. The summed E-state index contributed by atoms with van der Waals surface area (Å²) >= 11 is 59.8. The molecule has 2 rings (SSSR count). The van der Waals surface area contributed by atoms with E-state index in [0.29, 0.717) is 0 Å². The predicted molar refractivity (Wildman–Crippen MR) is 160 cm³/mol. The molecule has 2 atom stereocenters. The van der Waals surface area contributed by atoms with E-state index in [9.17, 15) is 0 Å². The van der Waals surface area contributed by atoms with E-state index in [-0.39, 0.29) is 11.1 Å². The van der Waals surface area contributed by atoms with Crippen LogP contribution >= 0.6 is 149 Å². The van der Waals surface area contributed by atoms with Gasteiger partial charge < -0.3 is 0 Å². The third-order valence-corrected chi connectivity index (χ3v) is 27.6. The summed E-state index contributed by atoms with van der Waals surface area (Å²) in [6.45, 7) is 5.94. The highest BCUT2D eigenvalue weighted by molar-refractivity contribution is 8.23. The zero-order valence-corrected chi connectivity index (χ0v) is 30.1. The molecular weight excluding hydrogens is 749 g/mol. The molecule has 0 unspecified atom stereocenters. The van der Waals surface area contributed by atoms with Crippen molar-refractivity contribution in [3.63, 3.8) is 0 Å². The minimum absolute atomic E-state index is 0.304. The summed E-state index contributed by atoms with van der Waals surface area (Å²) in [5.41, 5.74) is -0.608. The van der Waals surface area contributed by atoms with E-state index in [1.54, 1.807) is 0 Å². The van der Waals surface area contributed by atoms with Crippen molar-refractivity contribution in [3.8, 4) is 0 Å². The first-order valence-electron chi connectivity index (χ1n) is 8.04. The van der Waals surface area contributed by atoms with E-state index in [1.807, 2.05) is 41.5 Å². The highest BCUT2D eigenvalue weighted by Crippen LogP contribution is 2.86. The van der Waals surface area contributed by atoms with Gasteiger partial charge in [0.15, 0.2) is 0 Å². The molecule has 2 heterocycles. The number of nitrogens with one attached hydrogen (secondary N) is 2. The molecule has 0 fully saturated rings. The van der Waals surface area contributed by atoms with Gasteiger partial charge in [-0.05, 0) is 154 Å². The second-order valence-electron chi connectivity index (χ2n) is 8.13. The normalized spacial score (nSPS) is 32.2. The van der Waals surface area contributed by atoms with Gasteiger partial charge >= 0.3 is 0 Å². The van der Waals surface area contributed by atoms with Gasteiger partial charge in [0.25, 0.3) is 23.6 Å². The molecule has 24 heteroatoms. The van der Waals surface area contributed by atoms with Crippen LogP contribution in [0.4, 0.5) is 0 Å². The first kappa shape index (κ1) is 34.2. The third-order valence-electron chi connectivity index (χ3n) is 2.29. The van der Waals surface area contributed by atoms with Gasteiger partial charge in [-0.2, -0.15) is 27.1 Å². The molecule has 0 aromatic rings. The number of rotatable bonds is 2. The fraction of sp³-hybridized carbons (Fsp3) is 1.00. The minimum atomic E-state index is -2.92. The fourth-order valence-electron chi connectivity index (χ4n) is 1.88. The van der Waals surface area contributed by atoms with Crippen LogP contribution in [0.3, 0.4) is 0 Å². The average Bonchev–Trinajstić information content (AvgIpc) is 2.20. The highest BCUT2D eigenvalue weighted by Gasteiger charge is 2.35. The molecule has 0 amide bonds. The van der Waals surface area contributed by atoms with Gasteiger partial charge in [0.2, 0.25) is 13.4 Å². The Balaban J connectivity index is 0.000000320. The van der Waals surface area contributed by atoms with E-state index in [2.05, 4.69) is 37.3 Å². The summed E-state index contributed by atoms with van der Waals surface area (Å²) in [7, 11) is 0. The maximum absolute atomic E-state index is 6.25. The molecule has 0 aromatic heterocycles. The van der Waals surface area contributed by atoms with Crippen LogP contribution in [-0.2, 0) is 0 Å². The van der Waals surface area contributed by atoms with Crippen molar-refractivity contribution in [1.82, 2.24) is 10.2 Å². The maximum Gasteiger partial charge on any atom is 0.257 e. The molecule has 2 N–H and O–H groups in total. The van der Waals surface area contributed by atoms with Gasteiger partial charge in [0.1, 0.15) is 0 Å². The molecule has 32 heavy (non-hydrogen) atoms. The summed E-state index contributed by atoms with van der Waals surface area (Å²) in [5, 5.41) is 6.09. The van der Waals surface area contributed by atoms with Crippen molar-refractivity contribution < 1.29 is 0 Å². The predicted octanol–water partition coefficient (Wildman–Crippen LogP) is 14.8. The van der Waals surface area contributed by atoms with E-state index in [1.165, 1.54) is 0 Å². The molecule has 0 aromatic carbocycles. The van der Waals surface area contributed by atoms with Gasteiger partial charge in [-0.3, -0.25) is 0 Å². The van der Waals surface area contributed by atoms with Gasteiger partial charge in [0, 0.05) is 11.1 Å². The molecule has 192 valence electrons.